The van der Waals surface area contributed by atoms with Crippen LogP contribution >= 0.6 is 0 Å². The first kappa shape index (κ1) is 28.3. The molecule has 2 aromatic heterocycles. The average Bonchev–Trinajstić information content (AvgIpc) is 3.33. The lowest BCUT2D eigenvalue weighted by molar-refractivity contribution is -0.0834. The topological polar surface area (TPSA) is 135 Å². The molecule has 3 heterocycles. The number of primary amides is 1. The number of aliphatic hydroxyl groups is 1. The van der Waals surface area contributed by atoms with Crippen molar-refractivity contribution in [1.82, 2.24) is 19.8 Å². The van der Waals surface area contributed by atoms with Crippen molar-refractivity contribution in [2.75, 3.05) is 44.7 Å². The molecule has 42 heavy (non-hydrogen) atoms. The smallest absolute Gasteiger partial charge is 0.255 e. The van der Waals surface area contributed by atoms with Crippen molar-refractivity contribution in [2.45, 2.75) is 57.3 Å². The van der Waals surface area contributed by atoms with Crippen LogP contribution in [0.25, 0.3) is 5.52 Å². The van der Waals surface area contributed by atoms with Crippen LogP contribution in [0.1, 0.15) is 60.2 Å². The highest BCUT2D eigenvalue weighted by Gasteiger charge is 2.54. The fourth-order valence-electron chi connectivity index (χ4n) is 6.41. The number of amides is 2. The molecule has 2 aliphatic carbocycles. The Hall–Kier alpha value is -3.83. The Morgan fingerprint density at radius 2 is 1.83 bits per heavy atom. The number of nitrogens with two attached hydrogens (primary N) is 1. The molecule has 0 unspecified atom stereocenters. The summed E-state index contributed by atoms with van der Waals surface area (Å²) in [7, 11) is 2.12. The van der Waals surface area contributed by atoms with Crippen LogP contribution in [0.2, 0.25) is 0 Å². The van der Waals surface area contributed by atoms with Crippen molar-refractivity contribution >= 4 is 23.0 Å². The van der Waals surface area contributed by atoms with Crippen molar-refractivity contribution in [3.05, 3.63) is 53.9 Å². The highest BCUT2D eigenvalue weighted by molar-refractivity contribution is 6.00. The number of ether oxygens (including phenoxy) is 2. The zero-order valence-corrected chi connectivity index (χ0v) is 24.5. The number of likely N-dealkylation sites (N-methyl/N-ethyl adjacent to an activating group) is 1. The molecule has 11 heteroatoms. The Balaban J connectivity index is 1.02. The normalized spacial score (nSPS) is 24.2. The van der Waals surface area contributed by atoms with Gasteiger partial charge in [0.1, 0.15) is 18.1 Å². The number of anilines is 1. The summed E-state index contributed by atoms with van der Waals surface area (Å²) in [5, 5.41) is 17.4. The predicted molar refractivity (Wildman–Crippen MR) is 158 cm³/mol. The maximum atomic E-state index is 13.1. The van der Waals surface area contributed by atoms with Gasteiger partial charge in [0.05, 0.1) is 40.7 Å². The van der Waals surface area contributed by atoms with E-state index < -0.39 is 11.5 Å². The second-order valence-corrected chi connectivity index (χ2v) is 12.9. The van der Waals surface area contributed by atoms with Gasteiger partial charge in [0.2, 0.25) is 0 Å². The van der Waals surface area contributed by atoms with Crippen LogP contribution in [-0.2, 0) is 0 Å². The van der Waals surface area contributed by atoms with Crippen molar-refractivity contribution in [2.24, 2.45) is 11.1 Å². The summed E-state index contributed by atoms with van der Waals surface area (Å²) in [6.07, 6.45) is 6.87. The summed E-state index contributed by atoms with van der Waals surface area (Å²) in [4.78, 5) is 29.8. The first-order valence-corrected chi connectivity index (χ1v) is 14.6. The molecule has 1 saturated heterocycles. The number of benzene rings is 1. The van der Waals surface area contributed by atoms with Gasteiger partial charge in [-0.2, -0.15) is 5.10 Å². The van der Waals surface area contributed by atoms with Gasteiger partial charge in [-0.1, -0.05) is 0 Å². The molecule has 11 nitrogen and oxygen atoms in total. The molecule has 1 spiro atoms. The van der Waals surface area contributed by atoms with Crippen LogP contribution in [0.3, 0.4) is 0 Å². The third-order valence-corrected chi connectivity index (χ3v) is 8.73. The first-order chi connectivity index (χ1) is 20.0. The fourth-order valence-corrected chi connectivity index (χ4v) is 6.41. The van der Waals surface area contributed by atoms with Crippen LogP contribution in [0.5, 0.6) is 11.5 Å². The monoisotopic (exact) mass is 576 g/mol. The molecule has 0 atom stereocenters. The van der Waals surface area contributed by atoms with Gasteiger partial charge in [0, 0.05) is 44.0 Å². The van der Waals surface area contributed by atoms with E-state index in [4.69, 9.17) is 15.2 Å². The number of nitrogens with zero attached hydrogens (tertiary/aromatic N) is 4. The quantitative estimate of drug-likeness (QED) is 0.354. The highest BCUT2D eigenvalue weighted by Crippen LogP contribution is 2.57. The Kier molecular flexibility index (Phi) is 7.26. The Bertz CT molecular complexity index is 1470. The number of nitrogens with one attached hydrogen (secondary N) is 1. The molecule has 6 rings (SSSR count). The van der Waals surface area contributed by atoms with Gasteiger partial charge in [-0.3, -0.25) is 9.59 Å². The zero-order chi connectivity index (χ0) is 29.6. The van der Waals surface area contributed by atoms with Crippen molar-refractivity contribution in [3.8, 4) is 11.5 Å². The van der Waals surface area contributed by atoms with Crippen molar-refractivity contribution in [3.63, 3.8) is 0 Å². The number of rotatable bonds is 9. The number of carbonyl (C=O) groups excluding carboxylic acids is 2. The lowest BCUT2D eigenvalue weighted by Crippen LogP contribution is -2.58. The van der Waals surface area contributed by atoms with Crippen molar-refractivity contribution in [1.29, 1.82) is 0 Å². The average molecular weight is 577 g/mol. The molecule has 0 radical (unpaired) electrons. The number of hydrogen-bond acceptors (Lipinski definition) is 8. The molecule has 3 fully saturated rings. The molecule has 224 valence electrons. The maximum Gasteiger partial charge on any atom is 0.255 e. The van der Waals surface area contributed by atoms with Gasteiger partial charge < -0.3 is 35.4 Å². The lowest BCUT2D eigenvalue weighted by atomic mass is 9.53. The molecule has 3 aliphatic rings. The Labute approximate surface area is 245 Å². The van der Waals surface area contributed by atoms with E-state index >= 15 is 0 Å². The van der Waals surface area contributed by atoms with Gasteiger partial charge >= 0.3 is 0 Å². The van der Waals surface area contributed by atoms with Crippen molar-refractivity contribution < 1.29 is 24.2 Å². The van der Waals surface area contributed by atoms with E-state index in [1.54, 1.807) is 49.0 Å². The number of piperazine rings is 1. The van der Waals surface area contributed by atoms with Crippen LogP contribution in [0, 0.1) is 5.41 Å². The summed E-state index contributed by atoms with van der Waals surface area (Å²) < 4.78 is 13.6. The molecular formula is C31H40N6O5. The third-order valence-electron chi connectivity index (χ3n) is 8.73. The maximum absolute atomic E-state index is 13.1. The summed E-state index contributed by atoms with van der Waals surface area (Å²) in [6, 6.07) is 9.37. The summed E-state index contributed by atoms with van der Waals surface area (Å²) in [5.41, 5.74) is 7.55. The molecule has 2 saturated carbocycles. The summed E-state index contributed by atoms with van der Waals surface area (Å²) in [6.45, 7) is 7.35. The van der Waals surface area contributed by atoms with Crippen LogP contribution < -0.4 is 25.4 Å². The second kappa shape index (κ2) is 10.8. The van der Waals surface area contributed by atoms with Gasteiger partial charge in [0.25, 0.3) is 11.8 Å². The minimum Gasteiger partial charge on any atom is -0.489 e. The minimum absolute atomic E-state index is 0.0231. The first-order valence-electron chi connectivity index (χ1n) is 14.6. The van der Waals surface area contributed by atoms with E-state index in [1.807, 2.05) is 12.1 Å². The molecule has 0 bridgehead atoms. The van der Waals surface area contributed by atoms with E-state index in [0.717, 1.165) is 57.5 Å². The van der Waals surface area contributed by atoms with Crippen LogP contribution in [0.15, 0.2) is 42.7 Å². The molecule has 4 N–H and O–H groups in total. The molecular weight excluding hydrogens is 536 g/mol. The molecule has 3 aromatic rings. The number of carbonyl (C=O) groups is 2. The van der Waals surface area contributed by atoms with Gasteiger partial charge in [-0.25, -0.2) is 4.52 Å². The van der Waals surface area contributed by atoms with E-state index in [1.165, 1.54) is 0 Å². The summed E-state index contributed by atoms with van der Waals surface area (Å²) >= 11 is 0. The summed E-state index contributed by atoms with van der Waals surface area (Å²) in [5.74, 6) is 0.496. The SMILES string of the molecule is CN1CCN(c2ccc(C(N)=O)c(OC3CC4(CC(NC(=O)c5cnn6cc(OCC(C)(C)O)ccc56)C4)C3)c2)CC1. The third kappa shape index (κ3) is 5.89. The zero-order valence-electron chi connectivity index (χ0n) is 24.5. The van der Waals surface area contributed by atoms with Gasteiger partial charge in [-0.05, 0) is 76.3 Å². The highest BCUT2D eigenvalue weighted by atomic mass is 16.5. The minimum atomic E-state index is -0.945. The van der Waals surface area contributed by atoms with Crippen LogP contribution in [0.4, 0.5) is 5.69 Å². The van der Waals surface area contributed by atoms with Gasteiger partial charge in [0.15, 0.2) is 0 Å². The largest absolute Gasteiger partial charge is 0.489 e. The number of aromatic nitrogens is 2. The van der Waals surface area contributed by atoms with E-state index in [0.29, 0.717) is 28.1 Å². The predicted octanol–water partition coefficient (Wildman–Crippen LogP) is 2.45. The number of fused-ring (bicyclic) bond motifs is 1. The Morgan fingerprint density at radius 3 is 2.52 bits per heavy atom. The van der Waals surface area contributed by atoms with E-state index in [2.05, 4.69) is 27.3 Å². The molecule has 1 aromatic carbocycles. The second-order valence-electron chi connectivity index (χ2n) is 12.9. The fraction of sp³-hybridized carbons (Fsp3) is 0.516. The van der Waals surface area contributed by atoms with Crippen LogP contribution in [-0.4, -0.2) is 89.0 Å². The molecule has 2 amide bonds. The van der Waals surface area contributed by atoms with E-state index in [9.17, 15) is 14.7 Å². The molecule has 1 aliphatic heterocycles. The number of pyridine rings is 1. The number of hydrogen-bond donors (Lipinski definition) is 3. The van der Waals surface area contributed by atoms with Gasteiger partial charge in [-0.15, -0.1) is 0 Å². The van der Waals surface area contributed by atoms with E-state index in [-0.39, 0.29) is 30.1 Å². The standard InChI is InChI=1S/C31H40N6O5/c1-30(2,40)19-41-22-5-7-26-25(17-33-37(26)18-22)29(39)34-20-13-31(14-20)15-23(16-31)42-27-12-21(4-6-24(27)28(32)38)36-10-8-35(3)9-11-36/h4-7,12,17-18,20,23,40H,8-11,13-16,19H2,1-3H3,(H2,32,38)(H,34,39). The Morgan fingerprint density at radius 1 is 1.10 bits per heavy atom. The lowest BCUT2D eigenvalue weighted by Gasteiger charge is -2.57.